The van der Waals surface area contributed by atoms with E-state index >= 15 is 0 Å². The number of benzene rings is 1. The molecule has 0 spiro atoms. The molecule has 1 rings (SSSR count). The van der Waals surface area contributed by atoms with Crippen LogP contribution in [-0.2, 0) is 6.54 Å². The van der Waals surface area contributed by atoms with Crippen LogP contribution in [-0.4, -0.2) is 13.1 Å². The zero-order valence-electron chi connectivity index (χ0n) is 14.6. The third-order valence-electron chi connectivity index (χ3n) is 1.49. The fraction of sp³-hybridized carbons (Fsp3) is 0.333. The Balaban J connectivity index is -0.0000000252. The minimum absolute atomic E-state index is 0. The number of hydrogen-bond acceptors (Lipinski definition) is 2. The average molecular weight is 246 g/mol. The Hall–Kier alpha value is 3.14. The summed E-state index contributed by atoms with van der Waals surface area (Å²) >= 11 is 0. The molecule has 0 atom stereocenters. The van der Waals surface area contributed by atoms with Gasteiger partial charge >= 0.3 is 118 Å². The second-order valence-electron chi connectivity index (χ2n) is 2.45. The predicted molar refractivity (Wildman–Crippen MR) is 51.7 cm³/mol. The molecule has 0 radical (unpaired) electrons. The third-order valence-corrected chi connectivity index (χ3v) is 1.49. The van der Waals surface area contributed by atoms with E-state index in [0.717, 1.165) is 13.1 Å². The van der Waals surface area contributed by atoms with Crippen LogP contribution < -0.4 is 129 Å². The summed E-state index contributed by atoms with van der Waals surface area (Å²) in [4.78, 5) is 0. The number of rotatable bonds is 4. The molecule has 0 aliphatic carbocycles. The van der Waals surface area contributed by atoms with Crippen LogP contribution in [0.5, 0.6) is 0 Å². The van der Waals surface area contributed by atoms with Crippen molar-refractivity contribution in [3.63, 3.8) is 0 Å². The molecular formula is C9H18N2Na4. The van der Waals surface area contributed by atoms with Crippen LogP contribution in [0.1, 0.15) is 11.3 Å². The Morgan fingerprint density at radius 3 is 2.00 bits per heavy atom. The van der Waals surface area contributed by atoms with Crippen molar-refractivity contribution < 1.29 is 124 Å². The van der Waals surface area contributed by atoms with Crippen LogP contribution in [0.15, 0.2) is 30.3 Å². The average Bonchev–Trinajstić information content (AvgIpc) is 2.07. The molecule has 0 heterocycles. The normalized spacial score (nSPS) is 7.27. The molecule has 0 aliphatic heterocycles. The summed E-state index contributed by atoms with van der Waals surface area (Å²) < 4.78 is 0. The zero-order valence-corrected chi connectivity index (χ0v) is 18.6. The molecule has 2 nitrogen and oxygen atoms in total. The number of hydrogen-bond donors (Lipinski definition) is 2. The monoisotopic (exact) mass is 246 g/mol. The van der Waals surface area contributed by atoms with Crippen LogP contribution in [0.25, 0.3) is 0 Å². The van der Waals surface area contributed by atoms with E-state index in [0.29, 0.717) is 6.54 Å². The summed E-state index contributed by atoms with van der Waals surface area (Å²) in [6.07, 6.45) is 0. The molecule has 0 aromatic heterocycles. The Bertz CT molecular complexity index is 211. The first-order chi connectivity index (χ1) is 5.43. The summed E-state index contributed by atoms with van der Waals surface area (Å²) in [6, 6.07) is 10.3. The van der Waals surface area contributed by atoms with E-state index in [1.54, 1.807) is 0 Å². The van der Waals surface area contributed by atoms with Gasteiger partial charge in [0.15, 0.2) is 0 Å². The molecule has 0 unspecified atom stereocenters. The minimum Gasteiger partial charge on any atom is -1.00 e. The van der Waals surface area contributed by atoms with Crippen LogP contribution in [0.2, 0.25) is 0 Å². The molecule has 0 fully saturated rings. The Labute approximate surface area is 187 Å². The Morgan fingerprint density at radius 1 is 1.00 bits per heavy atom. The van der Waals surface area contributed by atoms with Gasteiger partial charge in [0.25, 0.3) is 0 Å². The molecule has 1 aromatic carbocycles. The molecule has 15 heavy (non-hydrogen) atoms. The maximum Gasteiger partial charge on any atom is 1.00 e. The van der Waals surface area contributed by atoms with Crippen molar-refractivity contribution in [1.29, 1.82) is 0 Å². The van der Waals surface area contributed by atoms with Gasteiger partial charge in [-0.05, 0) is 5.56 Å². The topological polar surface area (TPSA) is 38.0 Å². The molecule has 0 saturated carbocycles. The summed E-state index contributed by atoms with van der Waals surface area (Å²) in [7, 11) is 0. The van der Waals surface area contributed by atoms with Gasteiger partial charge < -0.3 is 16.8 Å². The molecular weight excluding hydrogens is 228 g/mol. The van der Waals surface area contributed by atoms with Crippen LogP contribution in [0.3, 0.4) is 0 Å². The fourth-order valence-electron chi connectivity index (χ4n) is 0.931. The summed E-state index contributed by atoms with van der Waals surface area (Å²) in [5, 5.41) is 3.23. The SMILES string of the molecule is NCCNCc1ccccc1.[H-].[H-].[H-].[H-].[Na+].[Na+].[Na+].[Na+]. The van der Waals surface area contributed by atoms with E-state index in [2.05, 4.69) is 17.4 Å². The van der Waals surface area contributed by atoms with Crippen molar-refractivity contribution in [1.82, 2.24) is 5.32 Å². The van der Waals surface area contributed by atoms with Gasteiger partial charge in [0.2, 0.25) is 0 Å². The van der Waals surface area contributed by atoms with E-state index in [1.165, 1.54) is 5.56 Å². The van der Waals surface area contributed by atoms with E-state index in [1.807, 2.05) is 18.2 Å². The van der Waals surface area contributed by atoms with E-state index in [4.69, 9.17) is 5.73 Å². The zero-order chi connectivity index (χ0) is 7.94. The minimum atomic E-state index is 0. The first-order valence-electron chi connectivity index (χ1n) is 3.88. The Morgan fingerprint density at radius 2 is 1.53 bits per heavy atom. The fourth-order valence-corrected chi connectivity index (χ4v) is 0.931. The van der Waals surface area contributed by atoms with Crippen LogP contribution >= 0.6 is 0 Å². The van der Waals surface area contributed by atoms with Crippen molar-refractivity contribution in [2.75, 3.05) is 13.1 Å². The molecule has 6 heteroatoms. The molecule has 0 amide bonds. The van der Waals surface area contributed by atoms with Gasteiger partial charge in [-0.2, -0.15) is 0 Å². The van der Waals surface area contributed by atoms with Crippen LogP contribution in [0.4, 0.5) is 0 Å². The van der Waals surface area contributed by atoms with Gasteiger partial charge in [-0.1, -0.05) is 30.3 Å². The summed E-state index contributed by atoms with van der Waals surface area (Å²) in [5.41, 5.74) is 6.64. The molecule has 1 aromatic rings. The van der Waals surface area contributed by atoms with Crippen molar-refractivity contribution in [3.8, 4) is 0 Å². The summed E-state index contributed by atoms with van der Waals surface area (Å²) in [5.74, 6) is 0. The number of nitrogens with two attached hydrogens (primary N) is 1. The maximum atomic E-state index is 5.33. The first kappa shape index (κ1) is 26.7. The van der Waals surface area contributed by atoms with Gasteiger partial charge in [0, 0.05) is 19.6 Å². The van der Waals surface area contributed by atoms with Gasteiger partial charge in [0.1, 0.15) is 0 Å². The standard InChI is InChI=1S/C9H14N2.4Na.4H/c10-6-7-11-8-9-4-2-1-3-5-9;;;;;;;;/h1-5,11H,6-8,10H2;;;;;;;;/q;4*+1;4*-1. The van der Waals surface area contributed by atoms with Crippen molar-refractivity contribution in [2.45, 2.75) is 6.54 Å². The molecule has 3 N–H and O–H groups in total. The van der Waals surface area contributed by atoms with E-state index < -0.39 is 0 Å². The van der Waals surface area contributed by atoms with Crippen molar-refractivity contribution in [2.24, 2.45) is 5.73 Å². The molecule has 0 bridgehead atoms. The van der Waals surface area contributed by atoms with Crippen LogP contribution in [0, 0.1) is 0 Å². The van der Waals surface area contributed by atoms with Gasteiger partial charge in [-0.3, -0.25) is 0 Å². The molecule has 68 valence electrons. The second-order valence-corrected chi connectivity index (χ2v) is 2.45. The molecule has 0 aliphatic rings. The second kappa shape index (κ2) is 19.5. The number of nitrogens with one attached hydrogen (secondary N) is 1. The van der Waals surface area contributed by atoms with Gasteiger partial charge in [0.05, 0.1) is 0 Å². The predicted octanol–water partition coefficient (Wildman–Crippen LogP) is -10.8. The van der Waals surface area contributed by atoms with Gasteiger partial charge in [-0.15, -0.1) is 0 Å². The smallest absolute Gasteiger partial charge is 1.00 e. The van der Waals surface area contributed by atoms with Crippen molar-refractivity contribution >= 4 is 0 Å². The maximum absolute atomic E-state index is 5.33. The Kier molecular flexibility index (Phi) is 34.6. The quantitative estimate of drug-likeness (QED) is 0.409. The van der Waals surface area contributed by atoms with Gasteiger partial charge in [-0.25, -0.2) is 0 Å². The summed E-state index contributed by atoms with van der Waals surface area (Å²) in [6.45, 7) is 2.50. The van der Waals surface area contributed by atoms with E-state index in [9.17, 15) is 0 Å². The third kappa shape index (κ3) is 15.1. The van der Waals surface area contributed by atoms with Crippen molar-refractivity contribution in [3.05, 3.63) is 35.9 Å². The van der Waals surface area contributed by atoms with E-state index in [-0.39, 0.29) is 124 Å². The first-order valence-corrected chi connectivity index (χ1v) is 3.88. The largest absolute Gasteiger partial charge is 1.00 e. The molecule has 0 saturated heterocycles.